The third-order valence-electron chi connectivity index (χ3n) is 7.94. The zero-order chi connectivity index (χ0) is 28.9. The maximum atomic E-state index is 14.1. The minimum atomic E-state index is -0.207. The van der Waals surface area contributed by atoms with E-state index in [4.69, 9.17) is 16.3 Å². The molecule has 7 heteroatoms. The van der Waals surface area contributed by atoms with Crippen molar-refractivity contribution in [2.24, 2.45) is 0 Å². The zero-order valence-electron chi connectivity index (χ0n) is 24.0. The lowest BCUT2D eigenvalue weighted by Gasteiger charge is -2.44. The number of nitrogens with zero attached hydrogens (tertiary/aromatic N) is 2. The fourth-order valence-corrected chi connectivity index (χ4v) is 6.09. The number of benzene rings is 3. The lowest BCUT2D eigenvalue weighted by Crippen LogP contribution is -2.61. The summed E-state index contributed by atoms with van der Waals surface area (Å²) >= 11 is 6.13. The Morgan fingerprint density at radius 1 is 1.02 bits per heavy atom. The monoisotopic (exact) mass is 571 g/mol. The minimum Gasteiger partial charge on any atom is -0.490 e. The number of carbonyl (C=O) groups is 2. The van der Waals surface area contributed by atoms with E-state index in [1.807, 2.05) is 59.3 Å². The van der Waals surface area contributed by atoms with Gasteiger partial charge in [-0.3, -0.25) is 9.59 Å². The molecule has 41 heavy (non-hydrogen) atoms. The highest BCUT2D eigenvalue weighted by Gasteiger charge is 2.39. The van der Waals surface area contributed by atoms with E-state index in [0.29, 0.717) is 31.1 Å². The van der Waals surface area contributed by atoms with Gasteiger partial charge in [0.15, 0.2) is 0 Å². The second-order valence-corrected chi connectivity index (χ2v) is 11.6. The molecule has 2 unspecified atom stereocenters. The smallest absolute Gasteiger partial charge is 0.251 e. The van der Waals surface area contributed by atoms with Gasteiger partial charge >= 0.3 is 0 Å². The molecule has 0 radical (unpaired) electrons. The van der Waals surface area contributed by atoms with Gasteiger partial charge in [-0.05, 0) is 60.2 Å². The Labute approximate surface area is 247 Å². The average molecular weight is 572 g/mol. The van der Waals surface area contributed by atoms with E-state index in [0.717, 1.165) is 40.9 Å². The number of piperazine rings is 1. The van der Waals surface area contributed by atoms with E-state index >= 15 is 0 Å². The Morgan fingerprint density at radius 2 is 1.78 bits per heavy atom. The molecule has 1 fully saturated rings. The highest BCUT2D eigenvalue weighted by atomic mass is 35.5. The van der Waals surface area contributed by atoms with Crippen LogP contribution in [-0.4, -0.2) is 66.5 Å². The zero-order valence-corrected chi connectivity index (χ0v) is 24.7. The topological polar surface area (TPSA) is 61.9 Å². The molecule has 2 aliphatic heterocycles. The molecule has 3 aromatic rings. The SMILES string of the molecule is CC(=O)N1CC2CC(c3cccc(CC(C)Oc4cccc(Cl)c4)c3)=C(C(=O)N(C)CCc3ccccc3)[C@@H](C1)N2. The number of rotatable bonds is 9. The summed E-state index contributed by atoms with van der Waals surface area (Å²) in [7, 11) is 1.87. The number of ether oxygens (including phenoxy) is 1. The molecular weight excluding hydrogens is 534 g/mol. The first kappa shape index (κ1) is 28.9. The quantitative estimate of drug-likeness (QED) is 0.374. The van der Waals surface area contributed by atoms with E-state index < -0.39 is 0 Å². The molecule has 1 saturated heterocycles. The number of halogens is 1. The number of carbonyl (C=O) groups excluding carboxylic acids is 2. The van der Waals surface area contributed by atoms with Crippen LogP contribution in [0.15, 0.2) is 84.4 Å². The van der Waals surface area contributed by atoms with E-state index in [9.17, 15) is 9.59 Å². The fraction of sp³-hybridized carbons (Fsp3) is 0.353. The number of hydrogen-bond donors (Lipinski definition) is 1. The molecule has 3 atom stereocenters. The van der Waals surface area contributed by atoms with Crippen molar-refractivity contribution in [2.75, 3.05) is 26.7 Å². The predicted octanol–water partition coefficient (Wildman–Crippen LogP) is 5.40. The summed E-state index contributed by atoms with van der Waals surface area (Å²) in [4.78, 5) is 30.1. The Morgan fingerprint density at radius 3 is 2.54 bits per heavy atom. The van der Waals surface area contributed by atoms with Crippen LogP contribution in [-0.2, 0) is 22.4 Å². The predicted molar refractivity (Wildman–Crippen MR) is 164 cm³/mol. The van der Waals surface area contributed by atoms with Crippen molar-refractivity contribution >= 4 is 29.0 Å². The summed E-state index contributed by atoms with van der Waals surface area (Å²) in [5.41, 5.74) is 5.24. The Bertz CT molecular complexity index is 1420. The molecule has 0 spiro atoms. The summed E-state index contributed by atoms with van der Waals surface area (Å²) in [6.45, 7) is 5.41. The molecule has 6 nitrogen and oxygen atoms in total. The van der Waals surface area contributed by atoms with Gasteiger partial charge in [0.05, 0.1) is 12.1 Å². The highest BCUT2D eigenvalue weighted by molar-refractivity contribution is 6.30. The molecular formula is C34H38ClN3O3. The second-order valence-electron chi connectivity index (χ2n) is 11.2. The number of hydrogen-bond acceptors (Lipinski definition) is 4. The third kappa shape index (κ3) is 7.19. The summed E-state index contributed by atoms with van der Waals surface area (Å²) in [5.74, 6) is 0.807. The van der Waals surface area contributed by atoms with Crippen LogP contribution >= 0.6 is 11.6 Å². The van der Waals surface area contributed by atoms with Gasteiger partial charge in [-0.2, -0.15) is 0 Å². The van der Waals surface area contributed by atoms with Crippen molar-refractivity contribution in [1.82, 2.24) is 15.1 Å². The van der Waals surface area contributed by atoms with Crippen LogP contribution in [0, 0.1) is 0 Å². The van der Waals surface area contributed by atoms with Crippen molar-refractivity contribution in [3.05, 3.63) is 106 Å². The number of amides is 2. The van der Waals surface area contributed by atoms with Gasteiger partial charge in [0.25, 0.3) is 5.91 Å². The average Bonchev–Trinajstić information content (AvgIpc) is 2.95. The molecule has 214 valence electrons. The summed E-state index contributed by atoms with van der Waals surface area (Å²) in [5, 5.41) is 4.29. The van der Waals surface area contributed by atoms with Crippen LogP contribution in [0.5, 0.6) is 5.75 Å². The highest BCUT2D eigenvalue weighted by Crippen LogP contribution is 2.34. The van der Waals surface area contributed by atoms with E-state index in [1.54, 1.807) is 6.92 Å². The summed E-state index contributed by atoms with van der Waals surface area (Å²) in [6, 6.07) is 26.0. The molecule has 2 aliphatic rings. The van der Waals surface area contributed by atoms with E-state index in [-0.39, 0.29) is 30.0 Å². The van der Waals surface area contributed by atoms with Crippen LogP contribution < -0.4 is 10.1 Å². The van der Waals surface area contributed by atoms with Crippen LogP contribution in [0.25, 0.3) is 5.57 Å². The number of likely N-dealkylation sites (N-methyl/N-ethyl adjacent to an activating group) is 1. The van der Waals surface area contributed by atoms with Gasteiger partial charge in [0, 0.05) is 56.7 Å². The standard InChI is InChI=1S/C34H38ClN3O3/c1-23(41-30-14-8-13-28(35)19-30)17-26-11-7-12-27(18-26)31-20-29-21-38(24(2)39)22-32(36-29)33(31)34(40)37(3)16-15-25-9-5-4-6-10-25/h4-14,18-19,23,29,32,36H,15-17,20-22H2,1-3H3/t23?,29?,32-/m1/s1. The minimum absolute atomic E-state index is 0.0142. The third-order valence-corrected chi connectivity index (χ3v) is 8.17. The maximum Gasteiger partial charge on any atom is 0.251 e. The number of nitrogens with one attached hydrogen (secondary N) is 1. The van der Waals surface area contributed by atoms with Gasteiger partial charge in [-0.25, -0.2) is 0 Å². The lowest BCUT2D eigenvalue weighted by molar-refractivity contribution is -0.132. The second kappa shape index (κ2) is 12.9. The lowest BCUT2D eigenvalue weighted by atomic mass is 9.82. The number of fused-ring (bicyclic) bond motifs is 2. The van der Waals surface area contributed by atoms with E-state index in [2.05, 4.69) is 48.6 Å². The Balaban J connectivity index is 1.41. The van der Waals surface area contributed by atoms with Gasteiger partial charge in [-0.1, -0.05) is 72.3 Å². The van der Waals surface area contributed by atoms with Gasteiger partial charge < -0.3 is 19.9 Å². The largest absolute Gasteiger partial charge is 0.490 e. The molecule has 2 amide bonds. The summed E-state index contributed by atoms with van der Waals surface area (Å²) < 4.78 is 6.13. The molecule has 1 N–H and O–H groups in total. The molecule has 0 aromatic heterocycles. The first-order chi connectivity index (χ1) is 19.8. The molecule has 2 bridgehead atoms. The normalized spacial score (nSPS) is 19.1. The van der Waals surface area contributed by atoms with Crippen molar-refractivity contribution < 1.29 is 14.3 Å². The summed E-state index contributed by atoms with van der Waals surface area (Å²) in [6.07, 6.45) is 2.13. The fourth-order valence-electron chi connectivity index (χ4n) is 5.91. The van der Waals surface area contributed by atoms with Gasteiger partial charge in [0.1, 0.15) is 5.75 Å². The van der Waals surface area contributed by atoms with Crippen LogP contribution in [0.4, 0.5) is 0 Å². The molecule has 0 aliphatic carbocycles. The maximum absolute atomic E-state index is 14.1. The van der Waals surface area contributed by atoms with Crippen molar-refractivity contribution in [2.45, 2.75) is 51.3 Å². The van der Waals surface area contributed by atoms with Crippen LogP contribution in [0.2, 0.25) is 5.02 Å². The van der Waals surface area contributed by atoms with Crippen molar-refractivity contribution in [1.29, 1.82) is 0 Å². The first-order valence-electron chi connectivity index (χ1n) is 14.3. The molecule has 5 rings (SSSR count). The molecule has 2 heterocycles. The van der Waals surface area contributed by atoms with Crippen molar-refractivity contribution in [3.8, 4) is 5.75 Å². The van der Waals surface area contributed by atoms with Gasteiger partial charge in [-0.15, -0.1) is 0 Å². The van der Waals surface area contributed by atoms with Crippen molar-refractivity contribution in [3.63, 3.8) is 0 Å². The van der Waals surface area contributed by atoms with E-state index in [1.165, 1.54) is 5.56 Å². The molecule has 3 aromatic carbocycles. The Hall–Kier alpha value is -3.61. The first-order valence-corrected chi connectivity index (χ1v) is 14.7. The van der Waals surface area contributed by atoms with Crippen LogP contribution in [0.1, 0.15) is 37.0 Å². The van der Waals surface area contributed by atoms with Gasteiger partial charge in [0.2, 0.25) is 5.91 Å². The molecule has 0 saturated carbocycles. The Kier molecular flexibility index (Phi) is 9.11. The van der Waals surface area contributed by atoms with Crippen LogP contribution in [0.3, 0.4) is 0 Å².